The summed E-state index contributed by atoms with van der Waals surface area (Å²) in [7, 11) is 0. The van der Waals surface area contributed by atoms with Crippen molar-refractivity contribution in [2.45, 2.75) is 43.6 Å². The highest BCUT2D eigenvalue weighted by molar-refractivity contribution is 7.98. The predicted octanol–water partition coefficient (Wildman–Crippen LogP) is 4.34. The number of ketones is 1. The maximum atomic E-state index is 13.6. The van der Waals surface area contributed by atoms with Crippen molar-refractivity contribution in [2.24, 2.45) is 0 Å². The molecule has 0 radical (unpaired) electrons. The van der Waals surface area contributed by atoms with Crippen LogP contribution in [0.4, 0.5) is 13.2 Å². The molecule has 1 aromatic carbocycles. The van der Waals surface area contributed by atoms with E-state index in [4.69, 9.17) is 9.26 Å². The highest BCUT2D eigenvalue weighted by Gasteiger charge is 2.38. The van der Waals surface area contributed by atoms with Gasteiger partial charge in [-0.1, -0.05) is 23.0 Å². The minimum Gasteiger partial charge on any atom is -0.461 e. The normalized spacial score (nSPS) is 13.8. The Morgan fingerprint density at radius 3 is 2.70 bits per heavy atom. The number of rotatable bonds is 8. The summed E-state index contributed by atoms with van der Waals surface area (Å²) in [6, 6.07) is 2.85. The maximum Gasteiger partial charge on any atom is 0.416 e. The molecular formula is C21H19F3N4O4S. The van der Waals surface area contributed by atoms with E-state index in [0.29, 0.717) is 5.16 Å². The van der Waals surface area contributed by atoms with E-state index in [0.717, 1.165) is 31.0 Å². The van der Waals surface area contributed by atoms with E-state index in [1.807, 2.05) is 0 Å². The van der Waals surface area contributed by atoms with Gasteiger partial charge in [-0.3, -0.25) is 4.79 Å². The van der Waals surface area contributed by atoms with Crippen LogP contribution in [0.1, 0.15) is 69.0 Å². The van der Waals surface area contributed by atoms with E-state index in [1.54, 1.807) is 13.2 Å². The number of esters is 1. The lowest BCUT2D eigenvalue weighted by Gasteiger charge is -2.14. The van der Waals surface area contributed by atoms with Gasteiger partial charge in [0.1, 0.15) is 11.9 Å². The van der Waals surface area contributed by atoms with Gasteiger partial charge < -0.3 is 9.26 Å². The van der Waals surface area contributed by atoms with E-state index >= 15 is 0 Å². The van der Waals surface area contributed by atoms with E-state index in [1.165, 1.54) is 22.8 Å². The number of nitrogens with zero attached hydrogens (tertiary/aromatic N) is 4. The second-order valence-electron chi connectivity index (χ2n) is 7.37. The van der Waals surface area contributed by atoms with Gasteiger partial charge in [-0.05, 0) is 43.7 Å². The van der Waals surface area contributed by atoms with Crippen molar-refractivity contribution in [3.63, 3.8) is 0 Å². The first-order valence-corrected chi connectivity index (χ1v) is 11.3. The number of thioether (sulfide) groups is 1. The quantitative estimate of drug-likeness (QED) is 0.267. The van der Waals surface area contributed by atoms with Gasteiger partial charge in [0, 0.05) is 11.5 Å². The lowest BCUT2D eigenvalue weighted by Crippen LogP contribution is -2.17. The average molecular weight is 480 g/mol. The number of halogens is 3. The minimum atomic E-state index is -4.60. The summed E-state index contributed by atoms with van der Waals surface area (Å²) in [4.78, 5) is 30.1. The monoisotopic (exact) mass is 480 g/mol. The van der Waals surface area contributed by atoms with Gasteiger partial charge >= 0.3 is 12.1 Å². The number of alkyl halides is 3. The summed E-state index contributed by atoms with van der Waals surface area (Å²) >= 11 is 1.27. The van der Waals surface area contributed by atoms with Crippen molar-refractivity contribution < 1.29 is 32.0 Å². The fourth-order valence-electron chi connectivity index (χ4n) is 3.42. The Balaban J connectivity index is 1.82. The fourth-order valence-corrected chi connectivity index (χ4v) is 3.90. The van der Waals surface area contributed by atoms with Crippen molar-refractivity contribution in [3.8, 4) is 0 Å². The molecule has 0 N–H and O–H groups in total. The maximum absolute atomic E-state index is 13.6. The van der Waals surface area contributed by atoms with Gasteiger partial charge in [-0.25, -0.2) is 14.5 Å². The van der Waals surface area contributed by atoms with Gasteiger partial charge in [0.15, 0.2) is 16.7 Å². The Morgan fingerprint density at radius 2 is 2.06 bits per heavy atom. The first-order valence-electron chi connectivity index (χ1n) is 10.1. The molecule has 174 valence electrons. The SMILES string of the molecule is CCOC(=O)c1noc(C2CC2)c1C(=O)c1ccc(C(F)(F)F)cc1Cn1ncnc1SC. The lowest BCUT2D eigenvalue weighted by molar-refractivity contribution is -0.137. The second kappa shape index (κ2) is 9.00. The van der Waals surface area contributed by atoms with E-state index < -0.39 is 23.5 Å². The van der Waals surface area contributed by atoms with Crippen molar-refractivity contribution in [1.29, 1.82) is 0 Å². The van der Waals surface area contributed by atoms with Crippen LogP contribution in [0.2, 0.25) is 0 Å². The van der Waals surface area contributed by atoms with Crippen LogP contribution in [0.3, 0.4) is 0 Å². The molecule has 4 rings (SSSR count). The second-order valence-corrected chi connectivity index (χ2v) is 8.14. The first kappa shape index (κ1) is 23.0. The van der Waals surface area contributed by atoms with Crippen LogP contribution in [0, 0.1) is 0 Å². The number of aromatic nitrogens is 4. The number of hydrogen-bond acceptors (Lipinski definition) is 8. The van der Waals surface area contributed by atoms with Crippen molar-refractivity contribution in [3.05, 3.63) is 58.2 Å². The van der Waals surface area contributed by atoms with Crippen LogP contribution in [0.15, 0.2) is 34.2 Å². The van der Waals surface area contributed by atoms with Crippen LogP contribution in [0.5, 0.6) is 0 Å². The first-order chi connectivity index (χ1) is 15.7. The van der Waals surface area contributed by atoms with Crippen LogP contribution >= 0.6 is 11.8 Å². The largest absolute Gasteiger partial charge is 0.461 e. The molecule has 3 aromatic rings. The van der Waals surface area contributed by atoms with E-state index in [9.17, 15) is 22.8 Å². The number of carbonyl (C=O) groups is 2. The van der Waals surface area contributed by atoms with Crippen molar-refractivity contribution in [2.75, 3.05) is 12.9 Å². The molecule has 0 bridgehead atoms. The predicted molar refractivity (Wildman–Crippen MR) is 110 cm³/mol. The molecule has 0 unspecified atom stereocenters. The number of carbonyl (C=O) groups excluding carboxylic acids is 2. The zero-order chi connectivity index (χ0) is 23.8. The molecular weight excluding hydrogens is 461 g/mol. The average Bonchev–Trinajstić information content (AvgIpc) is 3.36. The highest BCUT2D eigenvalue weighted by Crippen LogP contribution is 2.43. The van der Waals surface area contributed by atoms with Crippen LogP contribution in [0.25, 0.3) is 0 Å². The summed E-state index contributed by atoms with van der Waals surface area (Å²) in [6.07, 6.45) is -0.0524. The zero-order valence-corrected chi connectivity index (χ0v) is 18.5. The molecule has 1 saturated carbocycles. The molecule has 1 aliphatic rings. The van der Waals surface area contributed by atoms with Crippen molar-refractivity contribution >= 4 is 23.5 Å². The molecule has 2 aromatic heterocycles. The van der Waals surface area contributed by atoms with Crippen molar-refractivity contribution in [1.82, 2.24) is 19.9 Å². The topological polar surface area (TPSA) is 100 Å². The van der Waals surface area contributed by atoms with E-state index in [-0.39, 0.29) is 47.2 Å². The molecule has 0 atom stereocenters. The molecule has 8 nitrogen and oxygen atoms in total. The summed E-state index contributed by atoms with van der Waals surface area (Å²) in [5, 5.41) is 8.28. The van der Waals surface area contributed by atoms with Gasteiger partial charge in [-0.2, -0.15) is 18.3 Å². The molecule has 0 spiro atoms. The number of ether oxygens (including phenoxy) is 1. The van der Waals surface area contributed by atoms with Gasteiger partial charge in [0.2, 0.25) is 5.69 Å². The smallest absolute Gasteiger partial charge is 0.416 e. The Bertz CT molecular complexity index is 1200. The highest BCUT2D eigenvalue weighted by atomic mass is 32.2. The standard InChI is InChI=1S/C21H19F3N4O4S/c1-3-31-19(30)16-15(18(32-27-16)11-4-5-11)17(29)14-7-6-13(21(22,23)24)8-12(14)9-28-20(33-2)25-10-26-28/h6-8,10-11H,3-5,9H2,1-2H3. The molecule has 0 aliphatic heterocycles. The molecule has 2 heterocycles. The molecule has 0 saturated heterocycles. The number of benzene rings is 1. The minimum absolute atomic E-state index is 0.0128. The summed E-state index contributed by atoms with van der Waals surface area (Å²) in [5.41, 5.74) is -1.19. The third-order valence-electron chi connectivity index (χ3n) is 5.12. The lowest BCUT2D eigenvalue weighted by atomic mass is 9.94. The Morgan fingerprint density at radius 1 is 1.30 bits per heavy atom. The molecule has 12 heteroatoms. The Kier molecular flexibility index (Phi) is 6.28. The zero-order valence-electron chi connectivity index (χ0n) is 17.7. The molecule has 1 aliphatic carbocycles. The summed E-state index contributed by atoms with van der Waals surface area (Å²) in [5.74, 6) is -1.31. The van der Waals surface area contributed by atoms with Crippen LogP contribution in [-0.4, -0.2) is 44.5 Å². The third-order valence-corrected chi connectivity index (χ3v) is 5.80. The van der Waals surface area contributed by atoms with Crippen LogP contribution in [-0.2, 0) is 17.5 Å². The number of hydrogen-bond donors (Lipinski definition) is 0. The third kappa shape index (κ3) is 4.65. The van der Waals surface area contributed by atoms with Gasteiger partial charge in [0.25, 0.3) is 0 Å². The molecule has 0 amide bonds. The van der Waals surface area contributed by atoms with Gasteiger partial charge in [-0.15, -0.1) is 0 Å². The summed E-state index contributed by atoms with van der Waals surface area (Å²) < 4.78 is 52.0. The Labute approximate surface area is 190 Å². The summed E-state index contributed by atoms with van der Waals surface area (Å²) in [6.45, 7) is 1.55. The van der Waals surface area contributed by atoms with Gasteiger partial charge in [0.05, 0.1) is 18.7 Å². The Hall–Kier alpha value is -3.15. The van der Waals surface area contributed by atoms with Crippen LogP contribution < -0.4 is 0 Å². The fraction of sp³-hybridized carbons (Fsp3) is 0.381. The van der Waals surface area contributed by atoms with E-state index in [2.05, 4.69) is 15.2 Å². The molecule has 33 heavy (non-hydrogen) atoms. The molecule has 1 fully saturated rings.